The highest BCUT2D eigenvalue weighted by Gasteiger charge is 2.22. The van der Waals surface area contributed by atoms with E-state index in [9.17, 15) is 4.79 Å². The number of amides is 1. The highest BCUT2D eigenvalue weighted by molar-refractivity contribution is 5.93. The van der Waals surface area contributed by atoms with Crippen LogP contribution in [0.4, 0.5) is 0 Å². The van der Waals surface area contributed by atoms with Crippen LogP contribution in [0.15, 0.2) is 66.9 Å². The lowest BCUT2D eigenvalue weighted by Gasteiger charge is -2.20. The van der Waals surface area contributed by atoms with Crippen LogP contribution in [-0.4, -0.2) is 33.1 Å². The van der Waals surface area contributed by atoms with Gasteiger partial charge in [0.25, 0.3) is 0 Å². The van der Waals surface area contributed by atoms with Crippen LogP contribution < -0.4 is 10.5 Å². The molecule has 5 N–H and O–H groups in total. The fourth-order valence-corrected chi connectivity index (χ4v) is 3.51. The second-order valence-electron chi connectivity index (χ2n) is 6.86. The van der Waals surface area contributed by atoms with Crippen molar-refractivity contribution in [3.8, 4) is 39.8 Å². The van der Waals surface area contributed by atoms with E-state index >= 15 is 0 Å². The molecule has 4 aromatic rings. The highest BCUT2D eigenvalue weighted by atomic mass is 16.7. The molecule has 0 spiro atoms. The van der Waals surface area contributed by atoms with Gasteiger partial charge < -0.3 is 25.7 Å². The van der Waals surface area contributed by atoms with Gasteiger partial charge in [-0.2, -0.15) is 0 Å². The Morgan fingerprint density at radius 3 is 2.61 bits per heavy atom. The molecule has 5 rings (SSSR count). The van der Waals surface area contributed by atoms with Crippen molar-refractivity contribution >= 4 is 5.91 Å². The van der Waals surface area contributed by atoms with Crippen LogP contribution >= 0.6 is 0 Å². The molecule has 1 amide bonds. The molecule has 0 saturated heterocycles. The van der Waals surface area contributed by atoms with Crippen LogP contribution in [-0.2, 0) is 11.3 Å². The van der Waals surface area contributed by atoms with Crippen molar-refractivity contribution in [1.29, 1.82) is 0 Å². The van der Waals surface area contributed by atoms with Crippen LogP contribution in [0.5, 0.6) is 5.75 Å². The molecule has 2 aromatic carbocycles. The number of carbonyl (C=O) groups excluding carboxylic acids is 1. The SMILES string of the molecule is NC(=O)c1ccc(-c2nc(-c3cccc4c3COCO4)c(-c3ccccn3)[nH]2)cc1.O. The predicted molar refractivity (Wildman–Crippen MR) is 115 cm³/mol. The topological polar surface area (TPSA) is 135 Å². The number of nitrogens with one attached hydrogen (secondary N) is 1. The Morgan fingerprint density at radius 1 is 1.03 bits per heavy atom. The normalized spacial score (nSPS) is 12.4. The minimum absolute atomic E-state index is 0. The number of aromatic amines is 1. The number of rotatable bonds is 4. The van der Waals surface area contributed by atoms with Gasteiger partial charge in [0.15, 0.2) is 6.79 Å². The number of pyridine rings is 1. The molecular formula is C23H20N4O4. The molecular weight excluding hydrogens is 396 g/mol. The molecule has 0 saturated carbocycles. The van der Waals surface area contributed by atoms with Gasteiger partial charge in [-0.05, 0) is 30.3 Å². The van der Waals surface area contributed by atoms with Crippen molar-refractivity contribution in [3.05, 3.63) is 78.0 Å². The number of aromatic nitrogens is 3. The molecule has 2 aromatic heterocycles. The second kappa shape index (κ2) is 8.39. The maximum Gasteiger partial charge on any atom is 0.248 e. The molecule has 0 aliphatic carbocycles. The Bertz CT molecular complexity index is 1220. The summed E-state index contributed by atoms with van der Waals surface area (Å²) in [5, 5.41) is 0. The molecule has 8 nitrogen and oxygen atoms in total. The van der Waals surface area contributed by atoms with Crippen molar-refractivity contribution in [3.63, 3.8) is 0 Å². The maximum absolute atomic E-state index is 11.4. The fourth-order valence-electron chi connectivity index (χ4n) is 3.51. The van der Waals surface area contributed by atoms with E-state index in [1.54, 1.807) is 18.3 Å². The van der Waals surface area contributed by atoms with Gasteiger partial charge in [-0.3, -0.25) is 9.78 Å². The summed E-state index contributed by atoms with van der Waals surface area (Å²) in [4.78, 5) is 24.2. The summed E-state index contributed by atoms with van der Waals surface area (Å²) in [5.41, 5.74) is 10.8. The number of ether oxygens (including phenoxy) is 2. The summed E-state index contributed by atoms with van der Waals surface area (Å²) in [6.07, 6.45) is 1.74. The quantitative estimate of drug-likeness (QED) is 0.527. The van der Waals surface area contributed by atoms with E-state index in [0.29, 0.717) is 18.0 Å². The van der Waals surface area contributed by atoms with E-state index in [-0.39, 0.29) is 12.3 Å². The van der Waals surface area contributed by atoms with Crippen LogP contribution in [0.1, 0.15) is 15.9 Å². The first-order valence-corrected chi connectivity index (χ1v) is 9.45. The molecule has 0 atom stereocenters. The van der Waals surface area contributed by atoms with E-state index in [1.165, 1.54) is 0 Å². The molecule has 1 aliphatic heterocycles. The van der Waals surface area contributed by atoms with Crippen molar-refractivity contribution in [2.75, 3.05) is 6.79 Å². The van der Waals surface area contributed by atoms with Crippen molar-refractivity contribution in [1.82, 2.24) is 15.0 Å². The Labute approximate surface area is 178 Å². The summed E-state index contributed by atoms with van der Waals surface area (Å²) in [7, 11) is 0. The smallest absolute Gasteiger partial charge is 0.248 e. The van der Waals surface area contributed by atoms with E-state index in [0.717, 1.165) is 39.5 Å². The molecule has 8 heteroatoms. The summed E-state index contributed by atoms with van der Waals surface area (Å²) < 4.78 is 11.1. The fraction of sp³-hybridized carbons (Fsp3) is 0.0870. The average Bonchev–Trinajstić information content (AvgIpc) is 3.24. The summed E-state index contributed by atoms with van der Waals surface area (Å²) in [5.74, 6) is 0.991. The summed E-state index contributed by atoms with van der Waals surface area (Å²) in [6.45, 7) is 0.685. The monoisotopic (exact) mass is 416 g/mol. The van der Waals surface area contributed by atoms with Crippen molar-refractivity contribution in [2.24, 2.45) is 5.73 Å². The third-order valence-electron chi connectivity index (χ3n) is 5.00. The van der Waals surface area contributed by atoms with Gasteiger partial charge in [-0.25, -0.2) is 4.98 Å². The zero-order chi connectivity index (χ0) is 20.5. The van der Waals surface area contributed by atoms with Gasteiger partial charge in [-0.15, -0.1) is 0 Å². The third-order valence-corrected chi connectivity index (χ3v) is 5.00. The van der Waals surface area contributed by atoms with E-state index in [1.807, 2.05) is 48.5 Å². The van der Waals surface area contributed by atoms with Crippen LogP contribution in [0, 0.1) is 0 Å². The number of H-pyrrole nitrogens is 1. The lowest BCUT2D eigenvalue weighted by Crippen LogP contribution is -2.12. The average molecular weight is 416 g/mol. The number of primary amides is 1. The number of hydrogen-bond donors (Lipinski definition) is 2. The van der Waals surface area contributed by atoms with Crippen LogP contribution in [0.25, 0.3) is 34.0 Å². The molecule has 0 radical (unpaired) electrons. The lowest BCUT2D eigenvalue weighted by atomic mass is 10.0. The van der Waals surface area contributed by atoms with Crippen molar-refractivity contribution in [2.45, 2.75) is 6.61 Å². The lowest BCUT2D eigenvalue weighted by molar-refractivity contribution is -0.0160. The molecule has 156 valence electrons. The van der Waals surface area contributed by atoms with Crippen LogP contribution in [0.2, 0.25) is 0 Å². The Morgan fingerprint density at radius 2 is 1.87 bits per heavy atom. The van der Waals surface area contributed by atoms with Gasteiger partial charge in [0, 0.05) is 28.5 Å². The molecule has 1 aliphatic rings. The number of fused-ring (bicyclic) bond motifs is 1. The zero-order valence-corrected chi connectivity index (χ0v) is 16.5. The second-order valence-corrected chi connectivity index (χ2v) is 6.86. The zero-order valence-electron chi connectivity index (χ0n) is 16.5. The molecule has 0 fully saturated rings. The van der Waals surface area contributed by atoms with Gasteiger partial charge in [0.05, 0.1) is 23.7 Å². The Kier molecular flexibility index (Phi) is 5.48. The first-order valence-electron chi connectivity index (χ1n) is 9.45. The van der Waals surface area contributed by atoms with E-state index in [4.69, 9.17) is 20.2 Å². The van der Waals surface area contributed by atoms with E-state index in [2.05, 4.69) is 9.97 Å². The third kappa shape index (κ3) is 3.77. The molecule has 0 unspecified atom stereocenters. The standard InChI is InChI=1S/C23H18N4O3.H2O/c24-22(28)14-7-9-15(10-8-14)23-26-20(21(27-23)18-5-1-2-11-25-18)16-4-3-6-19-17(16)12-29-13-30-19;/h1-11H,12-13H2,(H2,24,28)(H,26,27);1H2. The van der Waals surface area contributed by atoms with Gasteiger partial charge >= 0.3 is 0 Å². The molecule has 3 heterocycles. The number of nitrogens with two attached hydrogens (primary N) is 1. The van der Waals surface area contributed by atoms with Crippen LogP contribution in [0.3, 0.4) is 0 Å². The number of carbonyl (C=O) groups is 1. The summed E-state index contributed by atoms with van der Waals surface area (Å²) in [6, 6.07) is 18.6. The molecule has 0 bridgehead atoms. The summed E-state index contributed by atoms with van der Waals surface area (Å²) >= 11 is 0. The van der Waals surface area contributed by atoms with Crippen molar-refractivity contribution < 1.29 is 19.7 Å². The molecule has 31 heavy (non-hydrogen) atoms. The van der Waals surface area contributed by atoms with E-state index < -0.39 is 5.91 Å². The minimum Gasteiger partial charge on any atom is -0.467 e. The maximum atomic E-state index is 11.4. The number of benzene rings is 2. The van der Waals surface area contributed by atoms with Gasteiger partial charge in [0.2, 0.25) is 5.91 Å². The van der Waals surface area contributed by atoms with Gasteiger partial charge in [0.1, 0.15) is 11.6 Å². The largest absolute Gasteiger partial charge is 0.467 e. The number of imidazole rings is 1. The highest BCUT2D eigenvalue weighted by Crippen LogP contribution is 2.38. The Balaban J connectivity index is 0.00000231. The first-order chi connectivity index (χ1) is 14.7. The predicted octanol–water partition coefficient (Wildman–Crippen LogP) is 2.95. The first kappa shape index (κ1) is 20.3. The minimum atomic E-state index is -0.466. The Hall–Kier alpha value is -4.01. The van der Waals surface area contributed by atoms with Gasteiger partial charge in [-0.1, -0.05) is 30.3 Å². The number of hydrogen-bond acceptors (Lipinski definition) is 5. The number of nitrogens with zero attached hydrogens (tertiary/aromatic N) is 2.